The molecule has 3 unspecified atom stereocenters. The fraction of sp³-hybridized carbons (Fsp3) is 0.500. The average molecular weight is 795 g/mol. The fourth-order valence-electron chi connectivity index (χ4n) is 4.52. The molecule has 0 bridgehead atoms. The zero-order valence-corrected chi connectivity index (χ0v) is 32.6. The summed E-state index contributed by atoms with van der Waals surface area (Å²) in [4.78, 5) is 23.5. The quantitative estimate of drug-likeness (QED) is 0.201. The maximum atomic E-state index is 12.7. The molecule has 2 aliphatic heterocycles. The Labute approximate surface area is 309 Å². The van der Waals surface area contributed by atoms with Gasteiger partial charge in [-0.05, 0) is 76.2 Å². The lowest BCUT2D eigenvalue weighted by atomic mass is 10.0. The molecule has 50 heavy (non-hydrogen) atoms. The number of ether oxygens (including phenoxy) is 3. The number of hydrogen-bond donors (Lipinski definition) is 3. The summed E-state index contributed by atoms with van der Waals surface area (Å²) >= 11 is 1.60. The number of aliphatic hydroxyl groups is 1. The van der Waals surface area contributed by atoms with Gasteiger partial charge in [-0.15, -0.1) is 0 Å². The van der Waals surface area contributed by atoms with Crippen LogP contribution in [0.4, 0.5) is 0 Å². The highest BCUT2D eigenvalue weighted by molar-refractivity contribution is 8.13. The first-order valence-electron chi connectivity index (χ1n) is 15.0. The smallest absolute Gasteiger partial charge is 0.325 e. The normalized spacial score (nSPS) is 20.1. The maximum Gasteiger partial charge on any atom is 0.325 e. The van der Waals surface area contributed by atoms with Crippen LogP contribution >= 0.6 is 34.2 Å². The number of esters is 2. The second-order valence-electron chi connectivity index (χ2n) is 11.4. The Bertz CT molecular complexity index is 1600. The molecule has 0 radical (unpaired) electrons. The van der Waals surface area contributed by atoms with E-state index in [1.54, 1.807) is 36.0 Å². The molecule has 0 saturated carbocycles. The monoisotopic (exact) mass is 794 g/mol. The summed E-state index contributed by atoms with van der Waals surface area (Å²) in [5, 5.41) is 20.5. The second-order valence-corrected chi connectivity index (χ2v) is 18.5. The predicted molar refractivity (Wildman–Crippen MR) is 196 cm³/mol. The lowest BCUT2D eigenvalue weighted by Gasteiger charge is -2.42. The number of carbonyl (C=O) groups is 2. The first-order chi connectivity index (χ1) is 23.5. The van der Waals surface area contributed by atoms with Gasteiger partial charge in [0.2, 0.25) is 0 Å². The summed E-state index contributed by atoms with van der Waals surface area (Å²) in [6.07, 6.45) is 0. The maximum absolute atomic E-state index is 12.7. The van der Waals surface area contributed by atoms with Crippen molar-refractivity contribution in [3.8, 4) is 29.1 Å². The number of phenols is 1. The molecule has 2 aliphatic rings. The number of nitrogens with zero attached hydrogens (tertiary/aromatic N) is 1. The number of nitrogens with one attached hydrogen (secondary N) is 1. The van der Waals surface area contributed by atoms with Crippen LogP contribution < -0.4 is 14.2 Å². The van der Waals surface area contributed by atoms with Gasteiger partial charge in [0.15, 0.2) is 0 Å². The molecule has 2 aromatic rings. The molecule has 2 aromatic carbocycles. The van der Waals surface area contributed by atoms with Gasteiger partial charge in [-0.3, -0.25) is 9.59 Å². The second kappa shape index (κ2) is 20.4. The number of benzene rings is 2. The van der Waals surface area contributed by atoms with Crippen LogP contribution in [0.5, 0.6) is 17.2 Å². The van der Waals surface area contributed by atoms with Crippen LogP contribution in [0.15, 0.2) is 53.4 Å². The molecule has 2 saturated heterocycles. The molecule has 278 valence electrons. The molecule has 3 atom stereocenters. The van der Waals surface area contributed by atoms with Gasteiger partial charge < -0.3 is 33.9 Å². The largest absolute Gasteiger partial charge is 0.508 e. The Balaban J connectivity index is 0.000000309. The van der Waals surface area contributed by atoms with E-state index in [0.717, 1.165) is 18.1 Å². The van der Waals surface area contributed by atoms with E-state index in [2.05, 4.69) is 31.0 Å². The molecule has 0 aromatic heterocycles. The number of phenolic OH excluding ortho intramolecular Hbond substituents is 1. The summed E-state index contributed by atoms with van der Waals surface area (Å²) < 4.78 is 55.6. The van der Waals surface area contributed by atoms with Crippen molar-refractivity contribution in [1.29, 1.82) is 0 Å². The average Bonchev–Trinajstić information content (AvgIpc) is 3.06. The van der Waals surface area contributed by atoms with E-state index < -0.39 is 37.1 Å². The van der Waals surface area contributed by atoms with E-state index in [9.17, 15) is 22.2 Å². The Morgan fingerprint density at radius 2 is 1.54 bits per heavy atom. The summed E-state index contributed by atoms with van der Waals surface area (Å²) in [6.45, 7) is 9.26. The first kappa shape index (κ1) is 43.5. The number of halogens is 1. The number of hydrogen-bond acceptors (Lipinski definition) is 14. The van der Waals surface area contributed by atoms with E-state index >= 15 is 0 Å². The van der Waals surface area contributed by atoms with Crippen molar-refractivity contribution in [2.24, 2.45) is 0 Å². The molecular weight excluding hydrogens is 752 g/mol. The van der Waals surface area contributed by atoms with Crippen LogP contribution in [-0.2, 0) is 39.4 Å². The molecule has 13 nitrogen and oxygen atoms in total. The SMILES string of the molecule is COC(=O)C1N(S(=O)Oc2ccc(OCC#CCO)cc2)CCSC1(C)C.COC(=O)C1NCCSC1(C)C.O=S(=O)(Cl)c1ccc(O)cc1. The minimum atomic E-state index is -3.66. The van der Waals surface area contributed by atoms with Gasteiger partial charge in [-0.2, -0.15) is 32.0 Å². The van der Waals surface area contributed by atoms with Crippen molar-refractivity contribution in [2.45, 2.75) is 54.2 Å². The highest BCUT2D eigenvalue weighted by atomic mass is 35.7. The van der Waals surface area contributed by atoms with Crippen molar-refractivity contribution in [1.82, 2.24) is 9.62 Å². The van der Waals surface area contributed by atoms with Crippen molar-refractivity contribution in [3.05, 3.63) is 48.5 Å². The van der Waals surface area contributed by atoms with E-state index in [0.29, 0.717) is 18.0 Å². The molecular formula is C32H43ClN2O11S4. The van der Waals surface area contributed by atoms with Gasteiger partial charge in [0.1, 0.15) is 42.5 Å². The number of carbonyl (C=O) groups excluding carboxylic acids is 2. The molecule has 0 aliphatic carbocycles. The van der Waals surface area contributed by atoms with Crippen LogP contribution in [0.1, 0.15) is 27.7 Å². The van der Waals surface area contributed by atoms with Crippen LogP contribution in [0.3, 0.4) is 0 Å². The van der Waals surface area contributed by atoms with E-state index in [4.69, 9.17) is 39.3 Å². The van der Waals surface area contributed by atoms with Gasteiger partial charge in [0.25, 0.3) is 20.3 Å². The lowest BCUT2D eigenvalue weighted by molar-refractivity contribution is -0.146. The zero-order chi connectivity index (χ0) is 37.5. The number of methoxy groups -OCH3 is 2. The highest BCUT2D eigenvalue weighted by Crippen LogP contribution is 2.37. The number of thioether (sulfide) groups is 2. The van der Waals surface area contributed by atoms with Gasteiger partial charge in [0, 0.05) is 44.8 Å². The molecule has 4 rings (SSSR count). The van der Waals surface area contributed by atoms with Gasteiger partial charge in [-0.25, -0.2) is 8.42 Å². The molecule has 18 heteroatoms. The minimum absolute atomic E-state index is 0.00840. The first-order valence-corrected chi connectivity index (χ1v) is 20.3. The Morgan fingerprint density at radius 1 is 0.960 bits per heavy atom. The van der Waals surface area contributed by atoms with Crippen LogP contribution in [0.2, 0.25) is 0 Å². The van der Waals surface area contributed by atoms with Crippen LogP contribution in [-0.4, -0.2) is 113 Å². The third kappa shape index (κ3) is 13.8. The van der Waals surface area contributed by atoms with Gasteiger partial charge >= 0.3 is 11.9 Å². The molecule has 3 N–H and O–H groups in total. The third-order valence-corrected chi connectivity index (χ3v) is 12.3. The number of aliphatic hydroxyl groups excluding tert-OH is 1. The zero-order valence-electron chi connectivity index (χ0n) is 28.5. The lowest BCUT2D eigenvalue weighted by Crippen LogP contribution is -2.58. The summed E-state index contributed by atoms with van der Waals surface area (Å²) in [6, 6.07) is 10.7. The fourth-order valence-corrected chi connectivity index (χ4v) is 8.89. The minimum Gasteiger partial charge on any atom is -0.508 e. The topological polar surface area (TPSA) is 178 Å². The number of rotatable bonds is 8. The van der Waals surface area contributed by atoms with Crippen molar-refractivity contribution >= 4 is 66.5 Å². The Kier molecular flexibility index (Phi) is 17.7. The summed E-state index contributed by atoms with van der Waals surface area (Å²) in [5.74, 6) is 7.30. The number of aromatic hydroxyl groups is 1. The van der Waals surface area contributed by atoms with E-state index in [1.165, 1.54) is 42.8 Å². The predicted octanol–water partition coefficient (Wildman–Crippen LogP) is 3.35. The van der Waals surface area contributed by atoms with Gasteiger partial charge in [-0.1, -0.05) is 11.8 Å². The van der Waals surface area contributed by atoms with Crippen LogP contribution in [0, 0.1) is 11.8 Å². The molecule has 0 spiro atoms. The Morgan fingerprint density at radius 3 is 2.08 bits per heavy atom. The van der Waals surface area contributed by atoms with Crippen molar-refractivity contribution in [3.63, 3.8) is 0 Å². The molecule has 0 amide bonds. The van der Waals surface area contributed by atoms with E-state index in [-0.39, 0.29) is 40.6 Å². The summed E-state index contributed by atoms with van der Waals surface area (Å²) in [5.41, 5.74) is 0. The standard InChI is InChI=1S/C18H23NO6S2.C8H15NO2S.C6H5ClO3S/c1-18(2)16(17(21)23-3)19(10-13-26-18)27(22)25-15-8-6-14(7-9-15)24-12-5-4-11-20;1-8(2)6(7(10)11-3)9-4-5-12-8;7-11(9,10)6-3-1-5(8)2-4-6/h6-9,16,20H,10-13H2,1-3H3;6,9H,4-5H2,1-3H3;1-4,8H. The third-order valence-electron chi connectivity index (χ3n) is 7.03. The summed E-state index contributed by atoms with van der Waals surface area (Å²) in [7, 11) is 4.10. The van der Waals surface area contributed by atoms with E-state index in [1.807, 2.05) is 25.6 Å². The Hall–Kier alpha value is -2.69. The highest BCUT2D eigenvalue weighted by Gasteiger charge is 2.47. The van der Waals surface area contributed by atoms with Crippen molar-refractivity contribution < 1.29 is 50.8 Å². The van der Waals surface area contributed by atoms with Gasteiger partial charge in [0.05, 0.1) is 19.1 Å². The molecule has 2 fully saturated rings. The van der Waals surface area contributed by atoms with Crippen LogP contribution in [0.25, 0.3) is 0 Å². The molecule has 2 heterocycles. The van der Waals surface area contributed by atoms with Crippen molar-refractivity contribution in [2.75, 3.05) is 52.0 Å².